The normalized spacial score (nSPS) is 9.94. The highest BCUT2D eigenvalue weighted by Crippen LogP contribution is 2.26. The molecule has 0 atom stereocenters. The van der Waals surface area contributed by atoms with Crippen molar-refractivity contribution in [3.63, 3.8) is 0 Å². The van der Waals surface area contributed by atoms with Crippen molar-refractivity contribution in [2.75, 3.05) is 7.11 Å². The number of para-hydroxylation sites is 2. The SMILES string of the molecule is COc1ccccc1O[CH]Cc1ccccc1. The first-order valence-corrected chi connectivity index (χ1v) is 5.55. The zero-order chi connectivity index (χ0) is 11.9. The summed E-state index contributed by atoms with van der Waals surface area (Å²) in [5, 5.41) is 0. The van der Waals surface area contributed by atoms with Gasteiger partial charge in [-0.25, -0.2) is 0 Å². The maximum atomic E-state index is 5.58. The molecule has 0 saturated heterocycles. The molecule has 1 radical (unpaired) electrons. The van der Waals surface area contributed by atoms with Gasteiger partial charge in [0, 0.05) is 6.42 Å². The highest BCUT2D eigenvalue weighted by Gasteiger charge is 2.02. The van der Waals surface area contributed by atoms with E-state index in [-0.39, 0.29) is 0 Å². The second-order valence-electron chi connectivity index (χ2n) is 3.63. The average Bonchev–Trinajstić information content (AvgIpc) is 2.40. The van der Waals surface area contributed by atoms with Gasteiger partial charge in [-0.05, 0) is 17.7 Å². The second kappa shape index (κ2) is 5.94. The Labute approximate surface area is 102 Å². The van der Waals surface area contributed by atoms with E-state index in [1.807, 2.05) is 42.5 Å². The Morgan fingerprint density at radius 2 is 1.53 bits per heavy atom. The smallest absolute Gasteiger partial charge is 0.161 e. The van der Waals surface area contributed by atoms with Crippen LogP contribution in [0.2, 0.25) is 0 Å². The second-order valence-corrected chi connectivity index (χ2v) is 3.63. The molecule has 0 amide bonds. The number of hydrogen-bond acceptors (Lipinski definition) is 2. The zero-order valence-corrected chi connectivity index (χ0v) is 9.80. The van der Waals surface area contributed by atoms with E-state index in [0.717, 1.165) is 17.9 Å². The van der Waals surface area contributed by atoms with E-state index >= 15 is 0 Å². The van der Waals surface area contributed by atoms with Crippen molar-refractivity contribution >= 4 is 0 Å². The Balaban J connectivity index is 1.90. The van der Waals surface area contributed by atoms with Crippen LogP contribution >= 0.6 is 0 Å². The Bertz CT molecular complexity index is 451. The Kier molecular flexibility index (Phi) is 4.03. The van der Waals surface area contributed by atoms with Crippen LogP contribution in [0.5, 0.6) is 11.5 Å². The van der Waals surface area contributed by atoms with Gasteiger partial charge in [-0.2, -0.15) is 0 Å². The Morgan fingerprint density at radius 1 is 0.882 bits per heavy atom. The molecule has 2 aromatic carbocycles. The third kappa shape index (κ3) is 3.25. The number of ether oxygens (including phenoxy) is 2. The van der Waals surface area contributed by atoms with E-state index in [0.29, 0.717) is 0 Å². The van der Waals surface area contributed by atoms with Crippen molar-refractivity contribution < 1.29 is 9.47 Å². The lowest BCUT2D eigenvalue weighted by molar-refractivity contribution is 0.350. The van der Waals surface area contributed by atoms with E-state index in [9.17, 15) is 0 Å². The molecule has 2 aromatic rings. The molecule has 2 rings (SSSR count). The fraction of sp³-hybridized carbons (Fsp3) is 0.133. The van der Waals surface area contributed by atoms with Crippen molar-refractivity contribution in [3.05, 3.63) is 66.8 Å². The lowest BCUT2D eigenvalue weighted by Crippen LogP contribution is -1.96. The number of hydrogen-bond donors (Lipinski definition) is 0. The minimum Gasteiger partial charge on any atom is -0.493 e. The molecular weight excluding hydrogens is 212 g/mol. The molecule has 0 aliphatic rings. The molecule has 0 fully saturated rings. The number of rotatable bonds is 5. The lowest BCUT2D eigenvalue weighted by Gasteiger charge is -2.09. The quantitative estimate of drug-likeness (QED) is 0.778. The molecule has 17 heavy (non-hydrogen) atoms. The molecule has 0 spiro atoms. The van der Waals surface area contributed by atoms with Gasteiger partial charge >= 0.3 is 0 Å². The molecule has 0 saturated carbocycles. The largest absolute Gasteiger partial charge is 0.493 e. The topological polar surface area (TPSA) is 18.5 Å². The summed E-state index contributed by atoms with van der Waals surface area (Å²) in [5.74, 6) is 1.49. The van der Waals surface area contributed by atoms with Crippen LogP contribution in [0.25, 0.3) is 0 Å². The summed E-state index contributed by atoms with van der Waals surface area (Å²) in [6.45, 7) is 1.78. The van der Waals surface area contributed by atoms with Crippen LogP contribution in [0.3, 0.4) is 0 Å². The summed E-state index contributed by atoms with van der Waals surface area (Å²) in [7, 11) is 1.64. The summed E-state index contributed by atoms with van der Waals surface area (Å²) in [5.41, 5.74) is 1.22. The molecule has 87 valence electrons. The Morgan fingerprint density at radius 3 is 2.24 bits per heavy atom. The van der Waals surface area contributed by atoms with Crippen molar-refractivity contribution in [2.24, 2.45) is 0 Å². The minimum atomic E-state index is 0.742. The van der Waals surface area contributed by atoms with Gasteiger partial charge in [0.05, 0.1) is 7.11 Å². The van der Waals surface area contributed by atoms with E-state index in [1.165, 1.54) is 5.56 Å². The lowest BCUT2D eigenvalue weighted by atomic mass is 10.2. The van der Waals surface area contributed by atoms with E-state index in [2.05, 4.69) is 12.1 Å². The molecule has 0 aliphatic heterocycles. The molecule has 2 nitrogen and oxygen atoms in total. The van der Waals surface area contributed by atoms with Crippen LogP contribution in [0.4, 0.5) is 0 Å². The van der Waals surface area contributed by atoms with Crippen LogP contribution in [0, 0.1) is 6.61 Å². The third-order valence-corrected chi connectivity index (χ3v) is 2.44. The summed E-state index contributed by atoms with van der Waals surface area (Å²) < 4.78 is 10.8. The van der Waals surface area contributed by atoms with E-state index in [1.54, 1.807) is 13.7 Å². The van der Waals surface area contributed by atoms with Crippen LogP contribution in [0.15, 0.2) is 54.6 Å². The molecule has 0 aromatic heterocycles. The van der Waals surface area contributed by atoms with Gasteiger partial charge in [-0.1, -0.05) is 42.5 Å². The summed E-state index contributed by atoms with van der Waals surface area (Å²) in [6, 6.07) is 17.8. The van der Waals surface area contributed by atoms with Crippen molar-refractivity contribution in [1.29, 1.82) is 0 Å². The first-order valence-electron chi connectivity index (χ1n) is 5.55. The van der Waals surface area contributed by atoms with Crippen molar-refractivity contribution in [1.82, 2.24) is 0 Å². The molecule has 0 N–H and O–H groups in total. The van der Waals surface area contributed by atoms with E-state index in [4.69, 9.17) is 9.47 Å². The monoisotopic (exact) mass is 227 g/mol. The predicted octanol–water partition coefficient (Wildman–Crippen LogP) is 3.48. The molecule has 0 bridgehead atoms. The van der Waals surface area contributed by atoms with Crippen LogP contribution in [-0.2, 0) is 6.42 Å². The van der Waals surface area contributed by atoms with Crippen molar-refractivity contribution in [2.45, 2.75) is 6.42 Å². The highest BCUT2D eigenvalue weighted by molar-refractivity contribution is 5.39. The van der Waals surface area contributed by atoms with Gasteiger partial charge in [0.25, 0.3) is 0 Å². The fourth-order valence-corrected chi connectivity index (χ4v) is 1.56. The average molecular weight is 227 g/mol. The number of benzene rings is 2. The first kappa shape index (κ1) is 11.5. The first-order chi connectivity index (χ1) is 8.40. The molecule has 2 heteroatoms. The standard InChI is InChI=1S/C15H15O2/c1-16-14-9-5-6-10-15(14)17-12-11-13-7-3-2-4-8-13/h2-10,12H,11H2,1H3. The minimum absolute atomic E-state index is 0.742. The van der Waals surface area contributed by atoms with Gasteiger partial charge in [0.2, 0.25) is 0 Å². The van der Waals surface area contributed by atoms with Crippen LogP contribution < -0.4 is 9.47 Å². The van der Waals surface area contributed by atoms with Gasteiger partial charge in [-0.15, -0.1) is 0 Å². The third-order valence-electron chi connectivity index (χ3n) is 2.44. The van der Waals surface area contributed by atoms with E-state index < -0.39 is 0 Å². The van der Waals surface area contributed by atoms with Gasteiger partial charge in [-0.3, -0.25) is 0 Å². The van der Waals surface area contributed by atoms with Crippen LogP contribution in [-0.4, -0.2) is 7.11 Å². The molecule has 0 aliphatic carbocycles. The molecular formula is C15H15O2. The summed E-state index contributed by atoms with van der Waals surface area (Å²) in [4.78, 5) is 0. The summed E-state index contributed by atoms with van der Waals surface area (Å²) >= 11 is 0. The fourth-order valence-electron chi connectivity index (χ4n) is 1.56. The maximum absolute atomic E-state index is 5.58. The Hall–Kier alpha value is -1.96. The summed E-state index contributed by atoms with van der Waals surface area (Å²) in [6.07, 6.45) is 0.777. The number of methoxy groups -OCH3 is 1. The van der Waals surface area contributed by atoms with Crippen LogP contribution in [0.1, 0.15) is 5.56 Å². The van der Waals surface area contributed by atoms with Gasteiger partial charge < -0.3 is 9.47 Å². The van der Waals surface area contributed by atoms with Gasteiger partial charge in [0.1, 0.15) is 6.61 Å². The van der Waals surface area contributed by atoms with Gasteiger partial charge in [0.15, 0.2) is 11.5 Å². The maximum Gasteiger partial charge on any atom is 0.161 e. The van der Waals surface area contributed by atoms with Crippen molar-refractivity contribution in [3.8, 4) is 11.5 Å². The molecule has 0 unspecified atom stereocenters. The zero-order valence-electron chi connectivity index (χ0n) is 9.80. The molecule has 0 heterocycles. The predicted molar refractivity (Wildman–Crippen MR) is 68.1 cm³/mol. The highest BCUT2D eigenvalue weighted by atomic mass is 16.5.